The highest BCUT2D eigenvalue weighted by Crippen LogP contribution is 2.19. The lowest BCUT2D eigenvalue weighted by atomic mass is 10.2. The number of methoxy groups -OCH3 is 1. The van der Waals surface area contributed by atoms with Gasteiger partial charge >= 0.3 is 0 Å². The molecule has 1 aromatic heterocycles. The predicted octanol–water partition coefficient (Wildman–Crippen LogP) is 3.41. The highest BCUT2D eigenvalue weighted by atomic mass is 32.2. The lowest BCUT2D eigenvalue weighted by Crippen LogP contribution is -2.24. The zero-order valence-electron chi connectivity index (χ0n) is 18.0. The third-order valence-corrected chi connectivity index (χ3v) is 5.57. The van der Waals surface area contributed by atoms with Crippen molar-refractivity contribution in [3.63, 3.8) is 0 Å². The fourth-order valence-corrected chi connectivity index (χ4v) is 3.74. The minimum absolute atomic E-state index is 0.0453. The smallest absolute Gasteiger partial charge is 0.251 e. The molecular weight excluding hydrogens is 433 g/mol. The van der Waals surface area contributed by atoms with Crippen molar-refractivity contribution < 1.29 is 18.7 Å². The molecule has 0 aliphatic heterocycles. The first-order valence-electron chi connectivity index (χ1n) is 9.94. The van der Waals surface area contributed by atoms with E-state index < -0.39 is 5.82 Å². The number of amides is 2. The van der Waals surface area contributed by atoms with Gasteiger partial charge in [0.25, 0.3) is 5.91 Å². The van der Waals surface area contributed by atoms with E-state index >= 15 is 0 Å². The van der Waals surface area contributed by atoms with E-state index in [0.717, 1.165) is 5.56 Å². The summed E-state index contributed by atoms with van der Waals surface area (Å²) in [6.45, 7) is 4.45. The monoisotopic (exact) mass is 457 g/mol. The Morgan fingerprint density at radius 1 is 1.16 bits per heavy atom. The van der Waals surface area contributed by atoms with E-state index in [1.165, 1.54) is 23.9 Å². The highest BCUT2D eigenvalue weighted by Gasteiger charge is 2.15. The standard InChI is InChI=1S/C22H24FN5O3S/c1-4-28-19(12-24-21(30)15-6-8-16(31-3)9-7-15)26-27-22(28)32-13-20(29)25-18-10-5-14(2)11-17(18)23/h5-11H,4,12-13H2,1-3H3,(H,24,30)(H,25,29). The SMILES string of the molecule is CCn1c(CNC(=O)c2ccc(OC)cc2)nnc1SCC(=O)Nc1ccc(C)cc1F. The van der Waals surface area contributed by atoms with Crippen molar-refractivity contribution in [3.05, 3.63) is 65.2 Å². The molecule has 1 heterocycles. The van der Waals surface area contributed by atoms with E-state index in [-0.39, 0.29) is 29.8 Å². The van der Waals surface area contributed by atoms with Crippen LogP contribution in [-0.2, 0) is 17.9 Å². The van der Waals surface area contributed by atoms with Crippen molar-refractivity contribution in [1.82, 2.24) is 20.1 Å². The molecular formula is C22H24FN5O3S. The van der Waals surface area contributed by atoms with Gasteiger partial charge < -0.3 is 19.9 Å². The third kappa shape index (κ3) is 5.85. The molecule has 10 heteroatoms. The molecule has 8 nitrogen and oxygen atoms in total. The number of hydrogen-bond acceptors (Lipinski definition) is 6. The van der Waals surface area contributed by atoms with E-state index in [1.807, 2.05) is 11.5 Å². The van der Waals surface area contributed by atoms with Gasteiger partial charge in [-0.05, 0) is 55.8 Å². The van der Waals surface area contributed by atoms with Crippen LogP contribution in [0.3, 0.4) is 0 Å². The van der Waals surface area contributed by atoms with Gasteiger partial charge in [-0.25, -0.2) is 4.39 Å². The number of halogens is 1. The molecule has 0 saturated carbocycles. The minimum atomic E-state index is -0.477. The fraction of sp³-hybridized carbons (Fsp3) is 0.273. The van der Waals surface area contributed by atoms with Gasteiger partial charge in [0, 0.05) is 12.1 Å². The number of aromatic nitrogens is 3. The maximum Gasteiger partial charge on any atom is 0.251 e. The molecule has 0 fully saturated rings. The number of rotatable bonds is 9. The number of aryl methyl sites for hydroxylation is 1. The fourth-order valence-electron chi connectivity index (χ4n) is 2.92. The van der Waals surface area contributed by atoms with Gasteiger partial charge in [-0.3, -0.25) is 9.59 Å². The van der Waals surface area contributed by atoms with Crippen LogP contribution in [0.25, 0.3) is 0 Å². The second kappa shape index (κ2) is 10.8. The molecule has 2 aromatic carbocycles. The van der Waals surface area contributed by atoms with Crippen molar-refractivity contribution in [2.45, 2.75) is 32.1 Å². The average Bonchev–Trinajstić information content (AvgIpc) is 3.19. The van der Waals surface area contributed by atoms with Crippen molar-refractivity contribution >= 4 is 29.3 Å². The average molecular weight is 458 g/mol. The van der Waals surface area contributed by atoms with Crippen LogP contribution in [0, 0.1) is 12.7 Å². The quantitative estimate of drug-likeness (QED) is 0.478. The molecule has 0 radical (unpaired) electrons. The van der Waals surface area contributed by atoms with Crippen molar-refractivity contribution in [3.8, 4) is 5.75 Å². The second-order valence-corrected chi connectivity index (χ2v) is 7.82. The Morgan fingerprint density at radius 2 is 1.91 bits per heavy atom. The van der Waals surface area contributed by atoms with Gasteiger partial charge in [-0.1, -0.05) is 17.8 Å². The zero-order chi connectivity index (χ0) is 23.1. The Bertz CT molecular complexity index is 1100. The Balaban J connectivity index is 1.56. The van der Waals surface area contributed by atoms with E-state index in [2.05, 4.69) is 20.8 Å². The number of benzene rings is 2. The Labute approximate surface area is 189 Å². The third-order valence-electron chi connectivity index (χ3n) is 4.60. The first-order chi connectivity index (χ1) is 15.4. The molecule has 0 aliphatic carbocycles. The normalized spacial score (nSPS) is 10.6. The lowest BCUT2D eigenvalue weighted by molar-refractivity contribution is -0.113. The van der Waals surface area contributed by atoms with Crippen LogP contribution in [-0.4, -0.2) is 39.4 Å². The highest BCUT2D eigenvalue weighted by molar-refractivity contribution is 7.99. The Morgan fingerprint density at radius 3 is 2.56 bits per heavy atom. The molecule has 168 valence electrons. The van der Waals surface area contributed by atoms with Crippen LogP contribution in [0.5, 0.6) is 5.75 Å². The summed E-state index contributed by atoms with van der Waals surface area (Å²) in [5.74, 6) is 0.216. The Kier molecular flexibility index (Phi) is 7.82. The van der Waals surface area contributed by atoms with E-state index in [0.29, 0.717) is 28.8 Å². The molecule has 32 heavy (non-hydrogen) atoms. The summed E-state index contributed by atoms with van der Waals surface area (Å²) in [6.07, 6.45) is 0. The number of nitrogens with zero attached hydrogens (tertiary/aromatic N) is 3. The molecule has 0 unspecified atom stereocenters. The maximum absolute atomic E-state index is 13.9. The minimum Gasteiger partial charge on any atom is -0.497 e. The molecule has 0 atom stereocenters. The lowest BCUT2D eigenvalue weighted by Gasteiger charge is -2.09. The molecule has 2 amide bonds. The largest absolute Gasteiger partial charge is 0.497 e. The summed E-state index contributed by atoms with van der Waals surface area (Å²) in [5, 5.41) is 14.2. The topological polar surface area (TPSA) is 98.1 Å². The molecule has 0 aliphatic rings. The van der Waals surface area contributed by atoms with Gasteiger partial charge in [0.1, 0.15) is 11.6 Å². The van der Waals surface area contributed by atoms with Crippen LogP contribution in [0.15, 0.2) is 47.6 Å². The zero-order valence-corrected chi connectivity index (χ0v) is 18.8. The number of nitrogens with one attached hydrogen (secondary N) is 2. The van der Waals surface area contributed by atoms with Gasteiger partial charge in [-0.2, -0.15) is 0 Å². The summed E-state index contributed by atoms with van der Waals surface area (Å²) in [7, 11) is 1.56. The van der Waals surface area contributed by atoms with Gasteiger partial charge in [-0.15, -0.1) is 10.2 Å². The number of hydrogen-bond donors (Lipinski definition) is 2. The van der Waals surface area contributed by atoms with Gasteiger partial charge in [0.15, 0.2) is 11.0 Å². The molecule has 0 spiro atoms. The summed E-state index contributed by atoms with van der Waals surface area (Å²) in [4.78, 5) is 24.6. The Hall–Kier alpha value is -3.40. The molecule has 2 N–H and O–H groups in total. The van der Waals surface area contributed by atoms with E-state index in [4.69, 9.17) is 4.74 Å². The van der Waals surface area contributed by atoms with Crippen molar-refractivity contribution in [2.24, 2.45) is 0 Å². The first kappa shape index (κ1) is 23.3. The summed E-state index contributed by atoms with van der Waals surface area (Å²) >= 11 is 1.19. The maximum atomic E-state index is 13.9. The number of thioether (sulfide) groups is 1. The molecule has 3 rings (SSSR count). The van der Waals surface area contributed by atoms with Crippen LogP contribution >= 0.6 is 11.8 Å². The summed E-state index contributed by atoms with van der Waals surface area (Å²) < 4.78 is 20.8. The van der Waals surface area contributed by atoms with Crippen molar-refractivity contribution in [1.29, 1.82) is 0 Å². The number of anilines is 1. The summed E-state index contributed by atoms with van der Waals surface area (Å²) in [5.41, 5.74) is 1.42. The van der Waals surface area contributed by atoms with E-state index in [1.54, 1.807) is 44.4 Å². The predicted molar refractivity (Wildman–Crippen MR) is 120 cm³/mol. The number of carbonyl (C=O) groups is 2. The van der Waals surface area contributed by atoms with Crippen LogP contribution in [0.4, 0.5) is 10.1 Å². The van der Waals surface area contributed by atoms with Gasteiger partial charge in [0.2, 0.25) is 5.91 Å². The second-order valence-electron chi connectivity index (χ2n) is 6.87. The molecule has 0 bridgehead atoms. The molecule has 3 aromatic rings. The van der Waals surface area contributed by atoms with E-state index in [9.17, 15) is 14.0 Å². The summed E-state index contributed by atoms with van der Waals surface area (Å²) in [6, 6.07) is 11.4. The number of ether oxygens (including phenoxy) is 1. The molecule has 0 saturated heterocycles. The first-order valence-corrected chi connectivity index (χ1v) is 10.9. The van der Waals surface area contributed by atoms with Crippen molar-refractivity contribution in [2.75, 3.05) is 18.2 Å². The van der Waals surface area contributed by atoms with Crippen LogP contribution < -0.4 is 15.4 Å². The van der Waals surface area contributed by atoms with Crippen LogP contribution in [0.1, 0.15) is 28.7 Å². The number of carbonyl (C=O) groups excluding carboxylic acids is 2. The van der Waals surface area contributed by atoms with Crippen LogP contribution in [0.2, 0.25) is 0 Å². The van der Waals surface area contributed by atoms with Gasteiger partial charge in [0.05, 0.1) is 25.1 Å².